The van der Waals surface area contributed by atoms with Crippen molar-refractivity contribution in [3.8, 4) is 0 Å². The Morgan fingerprint density at radius 1 is 1.52 bits per heavy atom. The molecule has 0 aliphatic carbocycles. The third-order valence-corrected chi connectivity index (χ3v) is 4.28. The molecule has 0 bridgehead atoms. The monoisotopic (exact) mass is 338 g/mol. The van der Waals surface area contributed by atoms with Crippen molar-refractivity contribution in [2.75, 3.05) is 6.61 Å². The third kappa shape index (κ3) is 4.56. The van der Waals surface area contributed by atoms with E-state index >= 15 is 0 Å². The fourth-order valence-corrected chi connectivity index (χ4v) is 2.97. The molecule has 0 spiro atoms. The van der Waals surface area contributed by atoms with Crippen molar-refractivity contribution in [2.45, 2.75) is 37.4 Å². The number of rotatable bonds is 7. The lowest BCUT2D eigenvalue weighted by Gasteiger charge is -2.13. The van der Waals surface area contributed by atoms with Crippen molar-refractivity contribution in [1.29, 1.82) is 0 Å². The number of thioether (sulfide) groups is 1. The Morgan fingerprint density at radius 3 is 2.96 bits per heavy atom. The molecule has 0 fully saturated rings. The van der Waals surface area contributed by atoms with Crippen molar-refractivity contribution >= 4 is 17.7 Å². The van der Waals surface area contributed by atoms with Crippen LogP contribution in [0.15, 0.2) is 35.6 Å². The highest BCUT2D eigenvalue weighted by Gasteiger charge is 2.20. The number of esters is 1. The molecule has 0 saturated heterocycles. The molecule has 23 heavy (non-hydrogen) atoms. The van der Waals surface area contributed by atoms with Gasteiger partial charge in [-0.1, -0.05) is 23.9 Å². The number of aliphatic hydroxyl groups excluding tert-OH is 1. The largest absolute Gasteiger partial charge is 0.465 e. The molecular weight excluding hydrogens is 319 g/mol. The Kier molecular flexibility index (Phi) is 6.18. The van der Waals surface area contributed by atoms with Crippen LogP contribution in [-0.2, 0) is 22.7 Å². The van der Waals surface area contributed by atoms with Gasteiger partial charge in [0.05, 0.1) is 31.6 Å². The molecule has 0 saturated carbocycles. The lowest BCUT2D eigenvalue weighted by atomic mass is 10.2. The highest BCUT2D eigenvalue weighted by molar-refractivity contribution is 8.00. The van der Waals surface area contributed by atoms with E-state index in [1.54, 1.807) is 36.7 Å². The standard InChI is InChI=1S/C16H19FN2O3S/c1-3-22-15(21)11(2)23-16-18-8-14(10-20)19(16)9-12-5-4-6-13(17)7-12/h4-8,11,20H,3,9-10H2,1-2H3/t11-/m1/s1. The van der Waals surface area contributed by atoms with Crippen molar-refractivity contribution in [1.82, 2.24) is 9.55 Å². The summed E-state index contributed by atoms with van der Waals surface area (Å²) in [5, 5.41) is 9.62. The summed E-state index contributed by atoms with van der Waals surface area (Å²) in [6, 6.07) is 6.24. The molecule has 0 unspecified atom stereocenters. The van der Waals surface area contributed by atoms with E-state index in [9.17, 15) is 14.3 Å². The second-order valence-electron chi connectivity index (χ2n) is 4.92. The fourth-order valence-electron chi connectivity index (χ4n) is 2.07. The van der Waals surface area contributed by atoms with Gasteiger partial charge in [0.2, 0.25) is 0 Å². The van der Waals surface area contributed by atoms with Crippen LogP contribution in [-0.4, -0.2) is 32.5 Å². The summed E-state index contributed by atoms with van der Waals surface area (Å²) < 4.78 is 20.1. The molecule has 2 aromatic rings. The first-order chi connectivity index (χ1) is 11.0. The van der Waals surface area contributed by atoms with Gasteiger partial charge < -0.3 is 14.4 Å². The maximum Gasteiger partial charge on any atom is 0.319 e. The van der Waals surface area contributed by atoms with Crippen LogP contribution in [0.3, 0.4) is 0 Å². The van der Waals surface area contributed by atoms with Crippen LogP contribution in [0.4, 0.5) is 4.39 Å². The first kappa shape index (κ1) is 17.5. The second-order valence-corrected chi connectivity index (χ2v) is 6.23. The van der Waals surface area contributed by atoms with Crippen molar-refractivity contribution in [2.24, 2.45) is 0 Å². The lowest BCUT2D eigenvalue weighted by molar-refractivity contribution is -0.142. The average Bonchev–Trinajstić information content (AvgIpc) is 2.89. The number of benzene rings is 1. The molecule has 124 valence electrons. The highest BCUT2D eigenvalue weighted by Crippen LogP contribution is 2.25. The maximum atomic E-state index is 13.3. The number of halogens is 1. The summed E-state index contributed by atoms with van der Waals surface area (Å²) in [4.78, 5) is 16.0. The van der Waals surface area contributed by atoms with Crippen LogP contribution >= 0.6 is 11.8 Å². The van der Waals surface area contributed by atoms with E-state index in [-0.39, 0.29) is 18.4 Å². The van der Waals surface area contributed by atoms with Crippen LogP contribution < -0.4 is 0 Å². The Morgan fingerprint density at radius 2 is 2.30 bits per heavy atom. The van der Waals surface area contributed by atoms with Gasteiger partial charge in [0, 0.05) is 0 Å². The number of imidazole rings is 1. The number of carbonyl (C=O) groups is 1. The first-order valence-corrected chi connectivity index (χ1v) is 8.16. The number of aromatic nitrogens is 2. The number of aliphatic hydroxyl groups is 1. The SMILES string of the molecule is CCOC(=O)[C@@H](C)Sc1ncc(CO)n1Cc1cccc(F)c1. The average molecular weight is 338 g/mol. The second kappa shape index (κ2) is 8.12. The molecule has 1 heterocycles. The van der Waals surface area contributed by atoms with Crippen molar-refractivity contribution in [3.05, 3.63) is 47.5 Å². The minimum Gasteiger partial charge on any atom is -0.465 e. The topological polar surface area (TPSA) is 64.3 Å². The van der Waals surface area contributed by atoms with Gasteiger partial charge in [0.25, 0.3) is 0 Å². The quantitative estimate of drug-likeness (QED) is 0.621. The minimum absolute atomic E-state index is 0.184. The van der Waals surface area contributed by atoms with Crippen LogP contribution in [0.5, 0.6) is 0 Å². The molecule has 2 rings (SSSR count). The van der Waals surface area contributed by atoms with E-state index in [2.05, 4.69) is 4.98 Å². The van der Waals surface area contributed by atoms with Gasteiger partial charge in [-0.15, -0.1) is 0 Å². The first-order valence-electron chi connectivity index (χ1n) is 7.28. The third-order valence-electron chi connectivity index (χ3n) is 3.19. The van der Waals surface area contributed by atoms with E-state index in [4.69, 9.17) is 4.74 Å². The zero-order valence-electron chi connectivity index (χ0n) is 13.0. The van der Waals surface area contributed by atoms with Gasteiger partial charge in [-0.3, -0.25) is 4.79 Å². The van der Waals surface area contributed by atoms with Crippen LogP contribution in [0, 0.1) is 5.82 Å². The zero-order chi connectivity index (χ0) is 16.8. The zero-order valence-corrected chi connectivity index (χ0v) is 13.8. The maximum absolute atomic E-state index is 13.3. The van der Waals surface area contributed by atoms with Gasteiger partial charge in [0.15, 0.2) is 5.16 Å². The van der Waals surface area contributed by atoms with Crippen molar-refractivity contribution in [3.63, 3.8) is 0 Å². The summed E-state index contributed by atoms with van der Waals surface area (Å²) in [5.41, 5.74) is 1.36. The normalized spacial score (nSPS) is 12.2. The van der Waals surface area contributed by atoms with Gasteiger partial charge in [-0.2, -0.15) is 0 Å². The van der Waals surface area contributed by atoms with E-state index < -0.39 is 5.25 Å². The van der Waals surface area contributed by atoms with E-state index in [1.165, 1.54) is 23.9 Å². The Labute approximate surface area is 138 Å². The molecular formula is C16H19FN2O3S. The predicted octanol–water partition coefficient (Wildman–Crippen LogP) is 2.61. The van der Waals surface area contributed by atoms with Gasteiger partial charge in [-0.05, 0) is 31.5 Å². The predicted molar refractivity (Wildman–Crippen MR) is 85.6 cm³/mol. The van der Waals surface area contributed by atoms with E-state index in [0.29, 0.717) is 24.0 Å². The molecule has 1 aromatic heterocycles. The molecule has 0 aliphatic rings. The molecule has 0 radical (unpaired) electrons. The van der Waals surface area contributed by atoms with E-state index in [0.717, 1.165) is 5.56 Å². The van der Waals surface area contributed by atoms with Crippen LogP contribution in [0.25, 0.3) is 0 Å². The Bertz CT molecular complexity index is 675. The Hall–Kier alpha value is -1.86. The number of nitrogens with zero attached hydrogens (tertiary/aromatic N) is 2. The molecule has 5 nitrogen and oxygen atoms in total. The molecule has 1 N–H and O–H groups in total. The minimum atomic E-state index is -0.421. The number of hydrogen-bond donors (Lipinski definition) is 1. The van der Waals surface area contributed by atoms with Gasteiger partial charge >= 0.3 is 5.97 Å². The van der Waals surface area contributed by atoms with Crippen LogP contribution in [0.2, 0.25) is 0 Å². The van der Waals surface area contributed by atoms with Gasteiger partial charge in [-0.25, -0.2) is 9.37 Å². The summed E-state index contributed by atoms with van der Waals surface area (Å²) in [5.74, 6) is -0.634. The summed E-state index contributed by atoms with van der Waals surface area (Å²) in [6.07, 6.45) is 1.56. The molecule has 1 atom stereocenters. The summed E-state index contributed by atoms with van der Waals surface area (Å²) in [6.45, 7) is 4.00. The summed E-state index contributed by atoms with van der Waals surface area (Å²) in [7, 11) is 0. The van der Waals surface area contributed by atoms with Crippen molar-refractivity contribution < 1.29 is 19.0 Å². The number of ether oxygens (including phenoxy) is 1. The van der Waals surface area contributed by atoms with Crippen LogP contribution in [0.1, 0.15) is 25.1 Å². The van der Waals surface area contributed by atoms with Gasteiger partial charge in [0.1, 0.15) is 11.1 Å². The fraction of sp³-hybridized carbons (Fsp3) is 0.375. The number of carbonyl (C=O) groups excluding carboxylic acids is 1. The molecule has 0 aliphatic heterocycles. The molecule has 1 aromatic carbocycles. The summed E-state index contributed by atoms with van der Waals surface area (Å²) >= 11 is 1.25. The molecule has 7 heteroatoms. The molecule has 0 amide bonds. The smallest absolute Gasteiger partial charge is 0.319 e. The highest BCUT2D eigenvalue weighted by atomic mass is 32.2. The van der Waals surface area contributed by atoms with E-state index in [1.807, 2.05) is 0 Å². The Balaban J connectivity index is 2.21. The number of hydrogen-bond acceptors (Lipinski definition) is 5. The lowest BCUT2D eigenvalue weighted by Crippen LogP contribution is -2.18.